The summed E-state index contributed by atoms with van der Waals surface area (Å²) in [6, 6.07) is 9.89. The lowest BCUT2D eigenvalue weighted by Gasteiger charge is -2.19. The molecule has 3 amide bonds. The van der Waals surface area contributed by atoms with Crippen LogP contribution in [0.5, 0.6) is 0 Å². The van der Waals surface area contributed by atoms with Gasteiger partial charge in [-0.3, -0.25) is 14.4 Å². The lowest BCUT2D eigenvalue weighted by molar-refractivity contribution is -0.130. The van der Waals surface area contributed by atoms with Crippen LogP contribution < -0.4 is 10.6 Å². The Morgan fingerprint density at radius 2 is 1.80 bits per heavy atom. The summed E-state index contributed by atoms with van der Waals surface area (Å²) >= 11 is 0. The van der Waals surface area contributed by atoms with Crippen molar-refractivity contribution in [3.8, 4) is 0 Å². The Hall–Kier alpha value is -3.42. The number of nitrogens with one attached hydrogen (secondary N) is 2. The van der Waals surface area contributed by atoms with Gasteiger partial charge in [0.15, 0.2) is 5.76 Å². The second kappa shape index (κ2) is 7.00. The zero-order valence-electron chi connectivity index (χ0n) is 13.5. The highest BCUT2D eigenvalue weighted by Gasteiger charge is 2.22. The molecule has 0 unspecified atom stereocenters. The van der Waals surface area contributed by atoms with Gasteiger partial charge in [-0.1, -0.05) is 6.07 Å². The number of furan rings is 1. The number of amides is 3. The van der Waals surface area contributed by atoms with Gasteiger partial charge in [-0.15, -0.1) is 0 Å². The van der Waals surface area contributed by atoms with Gasteiger partial charge in [-0.05, 0) is 30.3 Å². The van der Waals surface area contributed by atoms with Crippen LogP contribution in [0.4, 0.5) is 11.4 Å². The molecular formula is C17H16N4O4. The molecule has 1 aliphatic heterocycles. The van der Waals surface area contributed by atoms with Crippen molar-refractivity contribution in [3.05, 3.63) is 48.4 Å². The molecule has 2 N–H and O–H groups in total. The third-order valence-electron chi connectivity index (χ3n) is 3.59. The molecule has 0 aliphatic carbocycles. The van der Waals surface area contributed by atoms with E-state index in [1.807, 2.05) is 0 Å². The monoisotopic (exact) mass is 340 g/mol. The van der Waals surface area contributed by atoms with Crippen molar-refractivity contribution in [1.29, 1.82) is 0 Å². The van der Waals surface area contributed by atoms with Crippen LogP contribution >= 0.6 is 0 Å². The number of hydrazone groups is 1. The average molecular weight is 340 g/mol. The molecule has 8 nitrogen and oxygen atoms in total. The number of benzene rings is 1. The molecule has 0 spiro atoms. The first-order valence-corrected chi connectivity index (χ1v) is 7.63. The molecule has 0 fully saturated rings. The molecule has 2 heterocycles. The Labute approximate surface area is 143 Å². The molecule has 1 aliphatic rings. The van der Waals surface area contributed by atoms with Crippen LogP contribution in [-0.2, 0) is 9.59 Å². The molecule has 0 bridgehead atoms. The molecule has 0 atom stereocenters. The Morgan fingerprint density at radius 1 is 1.08 bits per heavy atom. The molecule has 2 aromatic rings. The Bertz CT molecular complexity index is 842. The first kappa shape index (κ1) is 16.4. The largest absolute Gasteiger partial charge is 0.459 e. The SMILES string of the molecule is CN1N=C(C(=O)Nc2cccc(NC(=O)c3ccco3)c2)CCC1=O. The van der Waals surface area contributed by atoms with Gasteiger partial charge in [-0.2, -0.15) is 5.10 Å². The molecule has 0 saturated carbocycles. The number of anilines is 2. The van der Waals surface area contributed by atoms with Crippen LogP contribution in [0, 0.1) is 0 Å². The van der Waals surface area contributed by atoms with E-state index in [4.69, 9.17) is 4.42 Å². The first-order chi connectivity index (χ1) is 12.0. The zero-order valence-corrected chi connectivity index (χ0v) is 13.5. The number of carbonyl (C=O) groups excluding carboxylic acids is 3. The van der Waals surface area contributed by atoms with Gasteiger partial charge in [0.25, 0.3) is 11.8 Å². The summed E-state index contributed by atoms with van der Waals surface area (Å²) in [7, 11) is 1.51. The fourth-order valence-corrected chi connectivity index (χ4v) is 2.31. The van der Waals surface area contributed by atoms with Crippen LogP contribution in [-0.4, -0.2) is 35.5 Å². The van der Waals surface area contributed by atoms with Crippen LogP contribution in [0.25, 0.3) is 0 Å². The predicted molar refractivity (Wildman–Crippen MR) is 91.2 cm³/mol. The van der Waals surface area contributed by atoms with Crippen LogP contribution in [0.1, 0.15) is 23.4 Å². The Morgan fingerprint density at radius 3 is 2.44 bits per heavy atom. The number of carbonyl (C=O) groups is 3. The molecule has 1 aromatic heterocycles. The summed E-state index contributed by atoms with van der Waals surface area (Å²) in [5.41, 5.74) is 1.30. The average Bonchev–Trinajstić information content (AvgIpc) is 3.12. The van der Waals surface area contributed by atoms with Crippen molar-refractivity contribution in [2.75, 3.05) is 17.7 Å². The number of nitrogens with zero attached hydrogens (tertiary/aromatic N) is 2. The summed E-state index contributed by atoms with van der Waals surface area (Å²) < 4.78 is 5.03. The summed E-state index contributed by atoms with van der Waals surface area (Å²) in [5.74, 6) is -0.697. The minimum absolute atomic E-state index is 0.126. The van der Waals surface area contributed by atoms with Crippen LogP contribution in [0.15, 0.2) is 52.2 Å². The third kappa shape index (κ3) is 3.92. The summed E-state index contributed by atoms with van der Waals surface area (Å²) in [5, 5.41) is 10.5. The van der Waals surface area contributed by atoms with Crippen molar-refractivity contribution in [2.45, 2.75) is 12.8 Å². The quantitative estimate of drug-likeness (QED) is 0.889. The Kier molecular flexibility index (Phi) is 4.60. The number of hydrogen-bond acceptors (Lipinski definition) is 5. The molecule has 128 valence electrons. The van der Waals surface area contributed by atoms with Gasteiger partial charge in [-0.25, -0.2) is 5.01 Å². The highest BCUT2D eigenvalue weighted by Crippen LogP contribution is 2.17. The first-order valence-electron chi connectivity index (χ1n) is 7.63. The van der Waals surface area contributed by atoms with Gasteiger partial charge in [0.1, 0.15) is 5.71 Å². The van der Waals surface area contributed by atoms with E-state index in [0.29, 0.717) is 17.8 Å². The Balaban J connectivity index is 1.67. The topological polar surface area (TPSA) is 104 Å². The predicted octanol–water partition coefficient (Wildman–Crippen LogP) is 2.08. The van der Waals surface area contributed by atoms with E-state index in [0.717, 1.165) is 0 Å². The van der Waals surface area contributed by atoms with Crippen molar-refractivity contribution >= 4 is 34.8 Å². The molecule has 0 saturated heterocycles. The zero-order chi connectivity index (χ0) is 17.8. The van der Waals surface area contributed by atoms with E-state index in [1.165, 1.54) is 18.3 Å². The second-order valence-corrected chi connectivity index (χ2v) is 5.43. The maximum atomic E-state index is 12.3. The summed E-state index contributed by atoms with van der Waals surface area (Å²) in [4.78, 5) is 35.6. The fourth-order valence-electron chi connectivity index (χ4n) is 2.31. The molecular weight excluding hydrogens is 324 g/mol. The molecule has 1 aromatic carbocycles. The van der Waals surface area contributed by atoms with Gasteiger partial charge in [0.05, 0.1) is 6.26 Å². The highest BCUT2D eigenvalue weighted by molar-refractivity contribution is 6.43. The van der Waals surface area contributed by atoms with Gasteiger partial charge >= 0.3 is 0 Å². The fraction of sp³-hybridized carbons (Fsp3) is 0.176. The van der Waals surface area contributed by atoms with Gasteiger partial charge in [0.2, 0.25) is 5.91 Å². The smallest absolute Gasteiger partial charge is 0.291 e. The van der Waals surface area contributed by atoms with E-state index in [2.05, 4.69) is 15.7 Å². The minimum atomic E-state index is -0.384. The van der Waals surface area contributed by atoms with E-state index >= 15 is 0 Å². The number of hydrogen-bond donors (Lipinski definition) is 2. The molecule has 8 heteroatoms. The van der Waals surface area contributed by atoms with E-state index in [-0.39, 0.29) is 35.6 Å². The van der Waals surface area contributed by atoms with Crippen molar-refractivity contribution in [1.82, 2.24) is 5.01 Å². The minimum Gasteiger partial charge on any atom is -0.459 e. The maximum absolute atomic E-state index is 12.3. The lowest BCUT2D eigenvalue weighted by atomic mass is 10.1. The molecule has 25 heavy (non-hydrogen) atoms. The summed E-state index contributed by atoms with van der Waals surface area (Å²) in [6.45, 7) is 0. The third-order valence-corrected chi connectivity index (χ3v) is 3.59. The van der Waals surface area contributed by atoms with E-state index in [1.54, 1.807) is 36.4 Å². The standard InChI is InChI=1S/C17H16N4O4/c1-21-15(22)8-7-13(20-21)16(23)18-11-4-2-5-12(10-11)19-17(24)14-6-3-9-25-14/h2-6,9-10H,7-8H2,1H3,(H,18,23)(H,19,24). The van der Waals surface area contributed by atoms with E-state index < -0.39 is 0 Å². The van der Waals surface area contributed by atoms with Gasteiger partial charge < -0.3 is 15.1 Å². The van der Waals surface area contributed by atoms with Crippen molar-refractivity contribution in [3.63, 3.8) is 0 Å². The van der Waals surface area contributed by atoms with E-state index in [9.17, 15) is 14.4 Å². The van der Waals surface area contributed by atoms with Crippen LogP contribution in [0.2, 0.25) is 0 Å². The normalized spacial score (nSPS) is 14.0. The number of rotatable bonds is 4. The second-order valence-electron chi connectivity index (χ2n) is 5.43. The highest BCUT2D eigenvalue weighted by atomic mass is 16.3. The molecule has 0 radical (unpaired) electrons. The van der Waals surface area contributed by atoms with Gasteiger partial charge in [0, 0.05) is 31.3 Å². The maximum Gasteiger partial charge on any atom is 0.291 e. The van der Waals surface area contributed by atoms with Crippen molar-refractivity contribution < 1.29 is 18.8 Å². The summed E-state index contributed by atoms with van der Waals surface area (Å²) in [6.07, 6.45) is 1.96. The lowest BCUT2D eigenvalue weighted by Crippen LogP contribution is -2.34. The van der Waals surface area contributed by atoms with Crippen molar-refractivity contribution in [2.24, 2.45) is 5.10 Å². The van der Waals surface area contributed by atoms with Crippen LogP contribution in [0.3, 0.4) is 0 Å². The molecule has 3 rings (SSSR count).